The average molecular weight is 214 g/mol. The molecule has 0 saturated carbocycles. The normalized spacial score (nSPS) is 15.4. The summed E-state index contributed by atoms with van der Waals surface area (Å²) in [5.41, 5.74) is 7.21. The van der Waals surface area contributed by atoms with E-state index in [0.717, 1.165) is 19.5 Å². The van der Waals surface area contributed by atoms with Crippen molar-refractivity contribution in [1.82, 2.24) is 9.88 Å². The highest BCUT2D eigenvalue weighted by molar-refractivity contribution is 5.89. The van der Waals surface area contributed by atoms with E-state index in [2.05, 4.69) is 42.9 Å². The number of nitrogens with one attached hydrogen (secondary N) is 1. The minimum Gasteiger partial charge on any atom is -0.346 e. The Kier molecular flexibility index (Phi) is 2.08. The van der Waals surface area contributed by atoms with Gasteiger partial charge in [-0.1, -0.05) is 11.6 Å². The third kappa shape index (κ3) is 1.23. The Balaban J connectivity index is 2.44. The van der Waals surface area contributed by atoms with E-state index in [1.54, 1.807) is 5.56 Å². The second kappa shape index (κ2) is 3.36. The number of benzene rings is 1. The van der Waals surface area contributed by atoms with Crippen LogP contribution in [0.1, 0.15) is 22.4 Å². The highest BCUT2D eigenvalue weighted by Gasteiger charge is 2.18. The summed E-state index contributed by atoms with van der Waals surface area (Å²) in [6.07, 6.45) is 1.16. The molecular weight excluding hydrogens is 196 g/mol. The summed E-state index contributed by atoms with van der Waals surface area (Å²) < 4.78 is 2.37. The fraction of sp³-hybridized carbons (Fsp3) is 0.429. The van der Waals surface area contributed by atoms with Gasteiger partial charge in [-0.3, -0.25) is 0 Å². The van der Waals surface area contributed by atoms with Gasteiger partial charge < -0.3 is 9.88 Å². The van der Waals surface area contributed by atoms with E-state index in [9.17, 15) is 0 Å². The van der Waals surface area contributed by atoms with Crippen LogP contribution in [-0.4, -0.2) is 11.1 Å². The molecule has 2 aromatic rings. The SMILES string of the molecule is Cc1cc(C)c2c(c1)c1c(n2C)CNCC1. The molecule has 0 bridgehead atoms. The number of hydrogen-bond acceptors (Lipinski definition) is 1. The number of nitrogens with zero attached hydrogens (tertiary/aromatic N) is 1. The molecule has 0 aliphatic carbocycles. The highest BCUT2D eigenvalue weighted by atomic mass is 15.0. The second-order valence-electron chi connectivity index (χ2n) is 4.89. The topological polar surface area (TPSA) is 17.0 Å². The maximum atomic E-state index is 3.46. The van der Waals surface area contributed by atoms with Crippen LogP contribution < -0.4 is 5.32 Å². The van der Waals surface area contributed by atoms with Crippen molar-refractivity contribution in [2.75, 3.05) is 6.54 Å². The molecule has 0 radical (unpaired) electrons. The second-order valence-corrected chi connectivity index (χ2v) is 4.89. The minimum absolute atomic E-state index is 1.01. The first-order valence-electron chi connectivity index (χ1n) is 5.96. The van der Waals surface area contributed by atoms with Gasteiger partial charge in [0.05, 0.1) is 5.52 Å². The Morgan fingerprint density at radius 1 is 1.25 bits per heavy atom. The average Bonchev–Trinajstić information content (AvgIpc) is 2.54. The van der Waals surface area contributed by atoms with Crippen molar-refractivity contribution >= 4 is 10.9 Å². The van der Waals surface area contributed by atoms with Crippen LogP contribution in [0.5, 0.6) is 0 Å². The van der Waals surface area contributed by atoms with Gasteiger partial charge in [-0.2, -0.15) is 0 Å². The van der Waals surface area contributed by atoms with Crippen molar-refractivity contribution < 1.29 is 0 Å². The van der Waals surface area contributed by atoms with E-state index >= 15 is 0 Å². The quantitative estimate of drug-likeness (QED) is 0.712. The fourth-order valence-corrected chi connectivity index (χ4v) is 3.05. The molecule has 2 nitrogen and oxygen atoms in total. The van der Waals surface area contributed by atoms with Gasteiger partial charge in [0.25, 0.3) is 0 Å². The largest absolute Gasteiger partial charge is 0.346 e. The molecule has 0 amide bonds. The number of aromatic nitrogens is 1. The summed E-state index contributed by atoms with van der Waals surface area (Å²) in [4.78, 5) is 0. The number of hydrogen-bond donors (Lipinski definition) is 1. The van der Waals surface area contributed by atoms with Gasteiger partial charge in [0, 0.05) is 24.7 Å². The summed E-state index contributed by atoms with van der Waals surface area (Å²) in [5.74, 6) is 0. The molecule has 0 saturated heterocycles. The van der Waals surface area contributed by atoms with Gasteiger partial charge in [0.1, 0.15) is 0 Å². The first-order chi connectivity index (χ1) is 7.68. The Labute approximate surface area is 96.3 Å². The Bertz CT molecular complexity index is 564. The third-order valence-corrected chi connectivity index (χ3v) is 3.70. The molecule has 2 heteroatoms. The zero-order chi connectivity index (χ0) is 11.3. The molecule has 0 atom stereocenters. The lowest BCUT2D eigenvalue weighted by Crippen LogP contribution is -2.24. The van der Waals surface area contributed by atoms with Crippen LogP contribution >= 0.6 is 0 Å². The number of fused-ring (bicyclic) bond motifs is 3. The first kappa shape index (κ1) is 9.91. The van der Waals surface area contributed by atoms with Crippen LogP contribution in [0.4, 0.5) is 0 Å². The smallest absolute Gasteiger partial charge is 0.0513 e. The van der Waals surface area contributed by atoms with Gasteiger partial charge in [0.2, 0.25) is 0 Å². The van der Waals surface area contributed by atoms with Crippen molar-refractivity contribution in [2.45, 2.75) is 26.8 Å². The van der Waals surface area contributed by atoms with Crippen LogP contribution in [0.3, 0.4) is 0 Å². The van der Waals surface area contributed by atoms with E-state index < -0.39 is 0 Å². The van der Waals surface area contributed by atoms with Crippen LogP contribution in [-0.2, 0) is 20.0 Å². The van der Waals surface area contributed by atoms with E-state index in [4.69, 9.17) is 0 Å². The molecule has 0 fully saturated rings. The maximum absolute atomic E-state index is 3.46. The van der Waals surface area contributed by atoms with Gasteiger partial charge in [-0.15, -0.1) is 0 Å². The molecule has 1 aromatic heterocycles. The van der Waals surface area contributed by atoms with E-state index in [1.807, 2.05) is 0 Å². The lowest BCUT2D eigenvalue weighted by molar-refractivity contribution is 0.614. The molecule has 84 valence electrons. The molecule has 1 N–H and O–H groups in total. The first-order valence-corrected chi connectivity index (χ1v) is 5.96. The molecule has 3 rings (SSSR count). The molecule has 16 heavy (non-hydrogen) atoms. The number of aryl methyl sites for hydroxylation is 3. The Morgan fingerprint density at radius 3 is 2.88 bits per heavy atom. The lowest BCUT2D eigenvalue weighted by Gasteiger charge is -2.14. The van der Waals surface area contributed by atoms with Gasteiger partial charge in [-0.05, 0) is 44.0 Å². The van der Waals surface area contributed by atoms with Crippen molar-refractivity contribution in [2.24, 2.45) is 7.05 Å². The third-order valence-electron chi connectivity index (χ3n) is 3.70. The van der Waals surface area contributed by atoms with Crippen LogP contribution in [0.15, 0.2) is 12.1 Å². The summed E-state index contributed by atoms with van der Waals surface area (Å²) in [7, 11) is 2.19. The molecule has 2 heterocycles. The van der Waals surface area contributed by atoms with E-state index in [-0.39, 0.29) is 0 Å². The van der Waals surface area contributed by atoms with Crippen molar-refractivity contribution in [3.05, 3.63) is 34.5 Å². The maximum Gasteiger partial charge on any atom is 0.0513 e. The molecule has 0 unspecified atom stereocenters. The molecular formula is C14H18N2. The van der Waals surface area contributed by atoms with Crippen LogP contribution in [0, 0.1) is 13.8 Å². The summed E-state index contributed by atoms with van der Waals surface area (Å²) >= 11 is 0. The standard InChI is InChI=1S/C14H18N2/c1-9-6-10(2)14-12(7-9)11-4-5-15-8-13(11)16(14)3/h6-7,15H,4-5,8H2,1-3H3. The molecule has 1 aromatic carbocycles. The molecule has 0 spiro atoms. The van der Waals surface area contributed by atoms with Gasteiger partial charge >= 0.3 is 0 Å². The lowest BCUT2D eigenvalue weighted by atomic mass is 10.0. The van der Waals surface area contributed by atoms with Gasteiger partial charge in [-0.25, -0.2) is 0 Å². The van der Waals surface area contributed by atoms with Crippen LogP contribution in [0.2, 0.25) is 0 Å². The van der Waals surface area contributed by atoms with Crippen molar-refractivity contribution in [3.8, 4) is 0 Å². The number of rotatable bonds is 0. The minimum atomic E-state index is 1.01. The zero-order valence-electron chi connectivity index (χ0n) is 10.2. The molecule has 1 aliphatic rings. The van der Waals surface area contributed by atoms with Crippen LogP contribution in [0.25, 0.3) is 10.9 Å². The monoisotopic (exact) mass is 214 g/mol. The summed E-state index contributed by atoms with van der Waals surface area (Å²) in [5, 5.41) is 4.92. The highest BCUT2D eigenvalue weighted by Crippen LogP contribution is 2.30. The predicted molar refractivity (Wildman–Crippen MR) is 67.8 cm³/mol. The Morgan fingerprint density at radius 2 is 2.06 bits per heavy atom. The fourth-order valence-electron chi connectivity index (χ4n) is 3.05. The molecule has 1 aliphatic heterocycles. The predicted octanol–water partition coefficient (Wildman–Crippen LogP) is 2.44. The summed E-state index contributed by atoms with van der Waals surface area (Å²) in [6.45, 7) is 6.53. The van der Waals surface area contributed by atoms with Gasteiger partial charge in [0.15, 0.2) is 0 Å². The Hall–Kier alpha value is -1.28. The van der Waals surface area contributed by atoms with Crippen molar-refractivity contribution in [3.63, 3.8) is 0 Å². The zero-order valence-corrected chi connectivity index (χ0v) is 10.2. The van der Waals surface area contributed by atoms with Crippen molar-refractivity contribution in [1.29, 1.82) is 0 Å². The van der Waals surface area contributed by atoms with E-state index in [1.165, 1.54) is 27.7 Å². The summed E-state index contributed by atoms with van der Waals surface area (Å²) in [6, 6.07) is 4.62. The van der Waals surface area contributed by atoms with E-state index in [0.29, 0.717) is 0 Å².